The lowest BCUT2D eigenvalue weighted by Crippen LogP contribution is -2.13. The number of carbonyl (C=O) groups excluding carboxylic acids is 1. The summed E-state index contributed by atoms with van der Waals surface area (Å²) < 4.78 is 6.98. The van der Waals surface area contributed by atoms with Crippen LogP contribution < -0.4 is 5.32 Å². The fourth-order valence-electron chi connectivity index (χ4n) is 2.16. The molecule has 1 aromatic carbocycles. The summed E-state index contributed by atoms with van der Waals surface area (Å²) in [5.41, 5.74) is 1.79. The topological polar surface area (TPSA) is 73.0 Å². The van der Waals surface area contributed by atoms with E-state index >= 15 is 0 Å². The van der Waals surface area contributed by atoms with E-state index in [2.05, 4.69) is 15.5 Å². The number of anilines is 1. The van der Waals surface area contributed by atoms with E-state index in [0.29, 0.717) is 17.0 Å². The molecule has 0 spiro atoms. The number of aryl methyl sites for hydroxylation is 3. The first kappa shape index (κ1) is 15.4. The minimum atomic E-state index is -0.217. The second kappa shape index (κ2) is 6.29. The number of benzene rings is 1. The zero-order valence-corrected chi connectivity index (χ0v) is 13.8. The molecule has 1 N–H and O–H groups in total. The van der Waals surface area contributed by atoms with E-state index in [0.717, 1.165) is 15.7 Å². The standard InChI is InChI=1S/C16H16N4O2S/c1-10-14(11(2)22-19-10)15(21)18-12-4-6-13(7-5-12)23-16-17-8-9-20(16)3/h4-9H,1-3H3,(H,18,21). The highest BCUT2D eigenvalue weighted by atomic mass is 32.2. The molecule has 0 fully saturated rings. The molecule has 118 valence electrons. The molecule has 0 atom stereocenters. The van der Waals surface area contributed by atoms with Gasteiger partial charge in [-0.05, 0) is 38.1 Å². The van der Waals surface area contributed by atoms with Crippen molar-refractivity contribution in [2.24, 2.45) is 7.05 Å². The van der Waals surface area contributed by atoms with Gasteiger partial charge in [-0.1, -0.05) is 16.9 Å². The minimum absolute atomic E-state index is 0.217. The number of carbonyl (C=O) groups is 1. The molecule has 3 aromatic rings. The van der Waals surface area contributed by atoms with Gasteiger partial charge in [0.1, 0.15) is 11.3 Å². The van der Waals surface area contributed by atoms with Gasteiger partial charge in [0.05, 0.1) is 5.69 Å². The Morgan fingerprint density at radius 1 is 1.26 bits per heavy atom. The lowest BCUT2D eigenvalue weighted by atomic mass is 10.2. The lowest BCUT2D eigenvalue weighted by molar-refractivity contribution is 0.102. The zero-order valence-electron chi connectivity index (χ0n) is 13.0. The maximum Gasteiger partial charge on any atom is 0.261 e. The van der Waals surface area contributed by atoms with Gasteiger partial charge >= 0.3 is 0 Å². The van der Waals surface area contributed by atoms with Gasteiger partial charge in [0.2, 0.25) is 0 Å². The van der Waals surface area contributed by atoms with Crippen LogP contribution in [-0.4, -0.2) is 20.6 Å². The summed E-state index contributed by atoms with van der Waals surface area (Å²) in [4.78, 5) is 17.6. The van der Waals surface area contributed by atoms with E-state index < -0.39 is 0 Å². The fraction of sp³-hybridized carbons (Fsp3) is 0.188. The molecule has 2 heterocycles. The maximum atomic E-state index is 12.3. The molecule has 0 aliphatic carbocycles. The van der Waals surface area contributed by atoms with Crippen LogP contribution in [0.4, 0.5) is 5.69 Å². The highest BCUT2D eigenvalue weighted by molar-refractivity contribution is 7.99. The summed E-state index contributed by atoms with van der Waals surface area (Å²) in [5.74, 6) is 0.299. The van der Waals surface area contributed by atoms with Gasteiger partial charge in [-0.25, -0.2) is 4.98 Å². The number of hydrogen-bond donors (Lipinski definition) is 1. The Bertz CT molecular complexity index is 817. The summed E-state index contributed by atoms with van der Waals surface area (Å²) in [6, 6.07) is 7.62. The molecule has 0 saturated heterocycles. The molecule has 0 saturated carbocycles. The first-order valence-electron chi connectivity index (χ1n) is 7.04. The maximum absolute atomic E-state index is 12.3. The van der Waals surface area contributed by atoms with Crippen molar-refractivity contribution < 1.29 is 9.32 Å². The van der Waals surface area contributed by atoms with Crippen LogP contribution in [-0.2, 0) is 7.05 Å². The van der Waals surface area contributed by atoms with Crippen LogP contribution in [0.1, 0.15) is 21.8 Å². The molecule has 1 amide bonds. The summed E-state index contributed by atoms with van der Waals surface area (Å²) in [5, 5.41) is 7.56. The highest BCUT2D eigenvalue weighted by Gasteiger charge is 2.17. The third-order valence-electron chi connectivity index (χ3n) is 3.36. The number of amides is 1. The average molecular weight is 328 g/mol. The van der Waals surface area contributed by atoms with Crippen LogP contribution >= 0.6 is 11.8 Å². The van der Waals surface area contributed by atoms with Gasteiger partial charge in [-0.15, -0.1) is 0 Å². The Balaban J connectivity index is 1.70. The summed E-state index contributed by atoms with van der Waals surface area (Å²) in [6.07, 6.45) is 3.67. The Kier molecular flexibility index (Phi) is 4.20. The number of nitrogens with one attached hydrogen (secondary N) is 1. The quantitative estimate of drug-likeness (QED) is 0.794. The van der Waals surface area contributed by atoms with Crippen molar-refractivity contribution in [3.63, 3.8) is 0 Å². The van der Waals surface area contributed by atoms with Crippen LogP contribution in [0.2, 0.25) is 0 Å². The van der Waals surface area contributed by atoms with Crippen molar-refractivity contribution in [1.82, 2.24) is 14.7 Å². The van der Waals surface area contributed by atoms with Crippen molar-refractivity contribution in [3.05, 3.63) is 53.7 Å². The predicted molar refractivity (Wildman–Crippen MR) is 87.7 cm³/mol. The highest BCUT2D eigenvalue weighted by Crippen LogP contribution is 2.27. The zero-order chi connectivity index (χ0) is 16.4. The SMILES string of the molecule is Cc1noc(C)c1C(=O)Nc1ccc(Sc2nccn2C)cc1. The second-order valence-corrected chi connectivity index (χ2v) is 6.14. The first-order chi connectivity index (χ1) is 11.0. The van der Waals surface area contributed by atoms with Crippen LogP contribution in [0.5, 0.6) is 0 Å². The van der Waals surface area contributed by atoms with E-state index in [1.165, 1.54) is 0 Å². The van der Waals surface area contributed by atoms with E-state index in [9.17, 15) is 4.79 Å². The molecule has 0 unspecified atom stereocenters. The number of imidazole rings is 1. The van der Waals surface area contributed by atoms with Gasteiger partial charge in [0.25, 0.3) is 5.91 Å². The monoisotopic (exact) mass is 328 g/mol. The minimum Gasteiger partial charge on any atom is -0.361 e. The smallest absolute Gasteiger partial charge is 0.261 e. The molecular weight excluding hydrogens is 312 g/mol. The van der Waals surface area contributed by atoms with Crippen molar-refractivity contribution in [2.45, 2.75) is 23.9 Å². The molecule has 0 aliphatic heterocycles. The average Bonchev–Trinajstić information content (AvgIpc) is 3.07. The van der Waals surface area contributed by atoms with Crippen molar-refractivity contribution in [3.8, 4) is 0 Å². The Morgan fingerprint density at radius 3 is 2.57 bits per heavy atom. The molecule has 23 heavy (non-hydrogen) atoms. The van der Waals surface area contributed by atoms with E-state index in [1.54, 1.807) is 31.8 Å². The first-order valence-corrected chi connectivity index (χ1v) is 7.85. The molecule has 3 rings (SSSR count). The summed E-state index contributed by atoms with van der Waals surface area (Å²) in [7, 11) is 1.95. The Morgan fingerprint density at radius 2 is 2.00 bits per heavy atom. The number of rotatable bonds is 4. The largest absolute Gasteiger partial charge is 0.361 e. The lowest BCUT2D eigenvalue weighted by Gasteiger charge is -2.06. The molecule has 2 aromatic heterocycles. The van der Waals surface area contributed by atoms with E-state index in [4.69, 9.17) is 4.52 Å². The van der Waals surface area contributed by atoms with Gasteiger partial charge in [0, 0.05) is 30.0 Å². The van der Waals surface area contributed by atoms with Crippen LogP contribution in [0.3, 0.4) is 0 Å². The molecule has 0 radical (unpaired) electrons. The second-order valence-electron chi connectivity index (χ2n) is 5.10. The van der Waals surface area contributed by atoms with Crippen LogP contribution in [0.15, 0.2) is 51.2 Å². The van der Waals surface area contributed by atoms with Gasteiger partial charge in [-0.2, -0.15) is 0 Å². The van der Waals surface area contributed by atoms with Gasteiger partial charge in [-0.3, -0.25) is 4.79 Å². The van der Waals surface area contributed by atoms with Crippen LogP contribution in [0.25, 0.3) is 0 Å². The molecule has 0 bridgehead atoms. The molecule has 6 nitrogen and oxygen atoms in total. The third kappa shape index (κ3) is 3.29. The normalized spacial score (nSPS) is 10.7. The Labute approximate surface area is 137 Å². The van der Waals surface area contributed by atoms with Crippen molar-refractivity contribution in [2.75, 3.05) is 5.32 Å². The van der Waals surface area contributed by atoms with Gasteiger partial charge < -0.3 is 14.4 Å². The van der Waals surface area contributed by atoms with Crippen molar-refractivity contribution in [1.29, 1.82) is 0 Å². The summed E-state index contributed by atoms with van der Waals surface area (Å²) >= 11 is 1.57. The number of aromatic nitrogens is 3. The number of hydrogen-bond acceptors (Lipinski definition) is 5. The van der Waals surface area contributed by atoms with E-state index in [1.807, 2.05) is 42.1 Å². The molecule has 0 aliphatic rings. The molecular formula is C16H16N4O2S. The summed E-state index contributed by atoms with van der Waals surface area (Å²) in [6.45, 7) is 3.47. The fourth-order valence-corrected chi connectivity index (χ4v) is 2.96. The van der Waals surface area contributed by atoms with Gasteiger partial charge in [0.15, 0.2) is 5.16 Å². The molecule has 7 heteroatoms. The predicted octanol–water partition coefficient (Wildman–Crippen LogP) is 3.43. The number of nitrogens with zero attached hydrogens (tertiary/aromatic N) is 3. The van der Waals surface area contributed by atoms with Crippen LogP contribution in [0, 0.1) is 13.8 Å². The third-order valence-corrected chi connectivity index (χ3v) is 4.44. The van der Waals surface area contributed by atoms with Crippen molar-refractivity contribution >= 4 is 23.4 Å². The van der Waals surface area contributed by atoms with E-state index in [-0.39, 0.29) is 5.91 Å². The Hall–Kier alpha value is -2.54.